The van der Waals surface area contributed by atoms with Crippen molar-refractivity contribution in [3.8, 4) is 56.1 Å². The first-order valence-electron chi connectivity index (χ1n) is 24.8. The number of para-hydroxylation sites is 1. The van der Waals surface area contributed by atoms with Crippen LogP contribution in [-0.4, -0.2) is 14.1 Å². The van der Waals surface area contributed by atoms with Crippen LogP contribution in [0.1, 0.15) is 49.9 Å². The minimum Gasteiger partial charge on any atom is -0.310 e. The van der Waals surface area contributed by atoms with Gasteiger partial charge in [-0.3, -0.25) is 4.98 Å². The highest BCUT2D eigenvalue weighted by Crippen LogP contribution is 2.56. The third kappa shape index (κ3) is 6.07. The summed E-state index contributed by atoms with van der Waals surface area (Å²) in [5.74, 6) is 0. The average Bonchev–Trinajstić information content (AvgIpc) is 4.09. The van der Waals surface area contributed by atoms with Gasteiger partial charge in [0.25, 0.3) is 0 Å². The summed E-state index contributed by atoms with van der Waals surface area (Å²) in [6.45, 7) is 9.50. The maximum absolute atomic E-state index is 4.83. The zero-order chi connectivity index (χ0) is 47.6. The molecule has 0 spiro atoms. The van der Waals surface area contributed by atoms with Crippen LogP contribution in [0.5, 0.6) is 0 Å². The predicted octanol–water partition coefficient (Wildman–Crippen LogP) is 17.5. The Morgan fingerprint density at radius 2 is 0.972 bits per heavy atom. The van der Waals surface area contributed by atoms with Gasteiger partial charge in [0.05, 0.1) is 27.9 Å². The van der Waals surface area contributed by atoms with Crippen molar-refractivity contribution in [3.63, 3.8) is 0 Å². The Bertz CT molecular complexity index is 4060. The number of pyridine rings is 1. The Labute approximate surface area is 414 Å². The van der Waals surface area contributed by atoms with Gasteiger partial charge in [-0.05, 0) is 136 Å². The predicted molar refractivity (Wildman–Crippen MR) is 296 cm³/mol. The van der Waals surface area contributed by atoms with Crippen molar-refractivity contribution >= 4 is 49.8 Å². The highest BCUT2D eigenvalue weighted by atomic mass is 15.1. The van der Waals surface area contributed by atoms with Crippen LogP contribution in [-0.2, 0) is 10.8 Å². The SMILES string of the molecule is CC1(C)c2ccccc2-c2ccc(N(c3ccc(-c4ccccc4)cc3)c3ccc(-n4c5ccc(-c6ccccn6)cc5c5c6c(ccc54)c4c(n6-c5ccccc5)-c5ccccc5C4(C)C)cc3)cc21. The van der Waals surface area contributed by atoms with Gasteiger partial charge in [-0.15, -0.1) is 0 Å². The van der Waals surface area contributed by atoms with E-state index in [-0.39, 0.29) is 10.8 Å². The second-order valence-corrected chi connectivity index (χ2v) is 20.4. The second kappa shape index (κ2) is 15.4. The lowest BCUT2D eigenvalue weighted by Gasteiger charge is -2.28. The summed E-state index contributed by atoms with van der Waals surface area (Å²) < 4.78 is 5.02. The molecule has 9 aromatic carbocycles. The van der Waals surface area contributed by atoms with Crippen molar-refractivity contribution < 1.29 is 0 Å². The van der Waals surface area contributed by atoms with Gasteiger partial charge in [0.2, 0.25) is 0 Å². The van der Waals surface area contributed by atoms with E-state index < -0.39 is 0 Å². The molecule has 4 heteroatoms. The molecule has 14 rings (SSSR count). The number of aromatic nitrogens is 3. The molecule has 0 amide bonds. The van der Waals surface area contributed by atoms with E-state index in [9.17, 15) is 0 Å². The molecule has 71 heavy (non-hydrogen) atoms. The zero-order valence-electron chi connectivity index (χ0n) is 40.2. The van der Waals surface area contributed by atoms with Gasteiger partial charge in [-0.2, -0.15) is 0 Å². The van der Waals surface area contributed by atoms with Crippen LogP contribution in [0.4, 0.5) is 17.1 Å². The van der Waals surface area contributed by atoms with E-state index in [2.05, 4.69) is 260 Å². The molecule has 12 aromatic rings. The Balaban J connectivity index is 0.985. The van der Waals surface area contributed by atoms with Crippen LogP contribution >= 0.6 is 0 Å². The first-order chi connectivity index (χ1) is 34.8. The number of hydrogen-bond acceptors (Lipinski definition) is 2. The number of anilines is 3. The Morgan fingerprint density at radius 1 is 0.394 bits per heavy atom. The van der Waals surface area contributed by atoms with Gasteiger partial charge in [-0.25, -0.2) is 0 Å². The van der Waals surface area contributed by atoms with Gasteiger partial charge in [0, 0.05) is 72.7 Å². The van der Waals surface area contributed by atoms with Crippen LogP contribution in [0, 0.1) is 0 Å². The molecule has 3 heterocycles. The summed E-state index contributed by atoms with van der Waals surface area (Å²) in [6, 6.07) is 82.6. The van der Waals surface area contributed by atoms with Crippen LogP contribution < -0.4 is 4.90 Å². The maximum Gasteiger partial charge on any atom is 0.0702 e. The van der Waals surface area contributed by atoms with E-state index in [1.54, 1.807) is 0 Å². The highest BCUT2D eigenvalue weighted by molar-refractivity contribution is 6.23. The summed E-state index contributed by atoms with van der Waals surface area (Å²) in [5.41, 5.74) is 23.9. The van der Waals surface area contributed by atoms with Crippen molar-refractivity contribution in [3.05, 3.63) is 253 Å². The van der Waals surface area contributed by atoms with Crippen LogP contribution in [0.15, 0.2) is 231 Å². The van der Waals surface area contributed by atoms with Crippen LogP contribution in [0.25, 0.3) is 88.9 Å². The summed E-state index contributed by atoms with van der Waals surface area (Å²) >= 11 is 0. The number of fused-ring (bicyclic) bond motifs is 12. The van der Waals surface area contributed by atoms with E-state index in [1.165, 1.54) is 77.4 Å². The Hall–Kier alpha value is -8.73. The van der Waals surface area contributed by atoms with Crippen molar-refractivity contribution in [2.45, 2.75) is 38.5 Å². The van der Waals surface area contributed by atoms with Crippen LogP contribution in [0.3, 0.4) is 0 Å². The fraction of sp³-hybridized carbons (Fsp3) is 0.0896. The summed E-state index contributed by atoms with van der Waals surface area (Å²) in [6.07, 6.45) is 1.89. The third-order valence-corrected chi connectivity index (χ3v) is 15.7. The zero-order valence-corrected chi connectivity index (χ0v) is 40.2. The largest absolute Gasteiger partial charge is 0.310 e. The summed E-state index contributed by atoms with van der Waals surface area (Å²) in [5, 5.41) is 3.71. The highest BCUT2D eigenvalue weighted by Gasteiger charge is 2.41. The molecule has 0 N–H and O–H groups in total. The number of benzene rings is 9. The molecule has 0 unspecified atom stereocenters. The molecular weight excluding hydrogens is 861 g/mol. The van der Waals surface area contributed by atoms with E-state index in [0.29, 0.717) is 0 Å². The summed E-state index contributed by atoms with van der Waals surface area (Å²) in [4.78, 5) is 7.25. The molecule has 3 aromatic heterocycles. The van der Waals surface area contributed by atoms with E-state index in [0.717, 1.165) is 50.7 Å². The minimum absolute atomic E-state index is 0.132. The number of hydrogen-bond donors (Lipinski definition) is 0. The van der Waals surface area contributed by atoms with Crippen molar-refractivity contribution in [2.24, 2.45) is 0 Å². The molecule has 338 valence electrons. The molecule has 2 aliphatic rings. The molecule has 0 bridgehead atoms. The van der Waals surface area contributed by atoms with Gasteiger partial charge >= 0.3 is 0 Å². The van der Waals surface area contributed by atoms with Crippen molar-refractivity contribution in [1.29, 1.82) is 0 Å². The standard InChI is InChI=1S/C67H50N4/c1-66(2)56-23-13-11-21-51(56)52-36-35-50(42-58(52)66)69(47-29-26-44(27-30-47)43-17-7-5-8-18-43)48-31-33-49(34-32-48)70-60-38-28-45(59-25-15-16-40-68-59)41-55(60)62-61(70)39-37-54-63-65(53-22-12-14-24-57(53)67(63,3)4)71(64(54)62)46-19-9-6-10-20-46/h5-42H,1-4H3. The van der Waals surface area contributed by atoms with E-state index in [1.807, 2.05) is 12.3 Å². The smallest absolute Gasteiger partial charge is 0.0702 e. The van der Waals surface area contributed by atoms with Gasteiger partial charge in [0.15, 0.2) is 0 Å². The summed E-state index contributed by atoms with van der Waals surface area (Å²) in [7, 11) is 0. The lowest BCUT2D eigenvalue weighted by atomic mass is 9.81. The monoisotopic (exact) mass is 910 g/mol. The van der Waals surface area contributed by atoms with Crippen molar-refractivity contribution in [2.75, 3.05) is 4.90 Å². The molecule has 0 saturated heterocycles. The first kappa shape index (κ1) is 41.3. The fourth-order valence-electron chi connectivity index (χ4n) is 12.4. The molecule has 0 atom stereocenters. The van der Waals surface area contributed by atoms with Gasteiger partial charge in [0.1, 0.15) is 0 Å². The van der Waals surface area contributed by atoms with E-state index >= 15 is 0 Å². The minimum atomic E-state index is -0.197. The molecular formula is C67H50N4. The van der Waals surface area contributed by atoms with Gasteiger partial charge in [-0.1, -0.05) is 161 Å². The first-order valence-corrected chi connectivity index (χ1v) is 24.8. The lowest BCUT2D eigenvalue weighted by molar-refractivity contribution is 0.660. The second-order valence-electron chi connectivity index (χ2n) is 20.4. The van der Waals surface area contributed by atoms with Gasteiger partial charge < -0.3 is 14.0 Å². The lowest BCUT2D eigenvalue weighted by Crippen LogP contribution is -2.16. The average molecular weight is 911 g/mol. The number of rotatable bonds is 7. The normalized spacial score (nSPS) is 13.9. The molecule has 0 fully saturated rings. The Morgan fingerprint density at radius 3 is 1.70 bits per heavy atom. The molecule has 0 aliphatic heterocycles. The molecule has 2 aliphatic carbocycles. The quantitative estimate of drug-likeness (QED) is 0.159. The van der Waals surface area contributed by atoms with E-state index in [4.69, 9.17) is 4.98 Å². The fourth-order valence-corrected chi connectivity index (χ4v) is 12.4. The molecule has 0 radical (unpaired) electrons. The third-order valence-electron chi connectivity index (χ3n) is 15.7. The topological polar surface area (TPSA) is 26.0 Å². The molecule has 0 saturated carbocycles. The number of nitrogens with zero attached hydrogens (tertiary/aromatic N) is 4. The maximum atomic E-state index is 4.83. The van der Waals surface area contributed by atoms with Crippen molar-refractivity contribution in [1.82, 2.24) is 14.1 Å². The van der Waals surface area contributed by atoms with Crippen LogP contribution in [0.2, 0.25) is 0 Å². The Kier molecular flexibility index (Phi) is 8.94. The molecule has 4 nitrogen and oxygen atoms in total.